The number of hydrogen-bond donors (Lipinski definition) is 0. The molecule has 8 nitrogen and oxygen atoms in total. The summed E-state index contributed by atoms with van der Waals surface area (Å²) in [6.07, 6.45) is 6.24. The summed E-state index contributed by atoms with van der Waals surface area (Å²) in [5.41, 5.74) is 0.969. The second kappa shape index (κ2) is 6.75. The maximum absolute atomic E-state index is 13.1. The molecule has 4 heterocycles. The Morgan fingerprint density at radius 1 is 1.32 bits per heavy atom. The zero-order valence-electron chi connectivity index (χ0n) is 13.7. The number of amides is 1. The lowest BCUT2D eigenvalue weighted by Crippen LogP contribution is -2.42. The first-order valence-corrected chi connectivity index (χ1v) is 8.39. The highest BCUT2D eigenvalue weighted by molar-refractivity contribution is 5.75. The van der Waals surface area contributed by atoms with E-state index < -0.39 is 5.82 Å². The van der Waals surface area contributed by atoms with Crippen molar-refractivity contribution in [2.45, 2.75) is 31.8 Å². The van der Waals surface area contributed by atoms with Crippen LogP contribution >= 0.6 is 0 Å². The van der Waals surface area contributed by atoms with Gasteiger partial charge in [-0.3, -0.25) is 14.3 Å². The molecular weight excluding hydrogens is 327 g/mol. The van der Waals surface area contributed by atoms with Crippen LogP contribution in [0.25, 0.3) is 0 Å². The van der Waals surface area contributed by atoms with Gasteiger partial charge in [0, 0.05) is 19.3 Å². The summed E-state index contributed by atoms with van der Waals surface area (Å²) in [7, 11) is 0. The lowest BCUT2D eigenvalue weighted by Gasteiger charge is -2.35. The molecule has 0 aliphatic carbocycles. The Morgan fingerprint density at radius 3 is 2.92 bits per heavy atom. The van der Waals surface area contributed by atoms with Crippen molar-refractivity contribution >= 4 is 11.9 Å². The van der Waals surface area contributed by atoms with Gasteiger partial charge >= 0.3 is 0 Å². The van der Waals surface area contributed by atoms with Crippen LogP contribution in [0.1, 0.15) is 31.0 Å². The predicted molar refractivity (Wildman–Crippen MR) is 85.8 cm³/mol. The number of carbonyl (C=O) groups excluding carboxylic acids is 1. The first-order valence-electron chi connectivity index (χ1n) is 8.39. The molecule has 0 aromatic carbocycles. The second-order valence-corrected chi connectivity index (χ2v) is 6.24. The summed E-state index contributed by atoms with van der Waals surface area (Å²) in [5.74, 6) is -0.0756. The van der Waals surface area contributed by atoms with Gasteiger partial charge in [0.1, 0.15) is 0 Å². The third-order valence-electron chi connectivity index (χ3n) is 4.46. The zero-order valence-corrected chi connectivity index (χ0v) is 13.7. The van der Waals surface area contributed by atoms with E-state index >= 15 is 0 Å². The molecule has 4 rings (SSSR count). The fourth-order valence-corrected chi connectivity index (χ4v) is 3.26. The van der Waals surface area contributed by atoms with E-state index in [2.05, 4.69) is 15.1 Å². The van der Waals surface area contributed by atoms with Crippen LogP contribution in [0, 0.1) is 5.82 Å². The number of fused-ring (bicyclic) bond motifs is 1. The molecule has 25 heavy (non-hydrogen) atoms. The average molecular weight is 346 g/mol. The van der Waals surface area contributed by atoms with Crippen molar-refractivity contribution in [2.24, 2.45) is 0 Å². The number of halogens is 1. The molecule has 1 fully saturated rings. The predicted octanol–water partition coefficient (Wildman–Crippen LogP) is 1.32. The van der Waals surface area contributed by atoms with E-state index in [9.17, 15) is 9.18 Å². The highest BCUT2D eigenvalue weighted by atomic mass is 19.1. The van der Waals surface area contributed by atoms with Crippen molar-refractivity contribution < 1.29 is 14.0 Å². The number of anilines is 1. The summed E-state index contributed by atoms with van der Waals surface area (Å²) >= 11 is 0. The molecule has 0 spiro atoms. The molecule has 2 aliphatic heterocycles. The zero-order chi connectivity index (χ0) is 17.2. The summed E-state index contributed by atoms with van der Waals surface area (Å²) in [5, 5.41) is 5.81. The number of nitrogens with zero attached hydrogens (tertiary/aromatic N) is 6. The monoisotopic (exact) mass is 346 g/mol. The van der Waals surface area contributed by atoms with Crippen LogP contribution in [0.15, 0.2) is 24.7 Å². The quantitative estimate of drug-likeness (QED) is 0.834. The van der Waals surface area contributed by atoms with Gasteiger partial charge in [-0.1, -0.05) is 0 Å². The first kappa shape index (κ1) is 15.9. The normalized spacial score (nSPS) is 20.4. The summed E-state index contributed by atoms with van der Waals surface area (Å²) in [6.45, 7) is 2.30. The number of hydroxylamine groups is 2. The minimum Gasteiger partial charge on any atom is -0.333 e. The smallest absolute Gasteiger partial charge is 0.248 e. The summed E-state index contributed by atoms with van der Waals surface area (Å²) in [4.78, 5) is 28.0. The van der Waals surface area contributed by atoms with Crippen LogP contribution in [0.5, 0.6) is 0 Å². The maximum atomic E-state index is 13.1. The Hall–Kier alpha value is -2.55. The SMILES string of the molecule is O=C(CC1CN(c2ncc(F)cn2)Cc2ccnn21)N1CCCCO1. The highest BCUT2D eigenvalue weighted by Gasteiger charge is 2.30. The number of carbonyl (C=O) groups is 1. The van der Waals surface area contributed by atoms with Crippen molar-refractivity contribution in [3.63, 3.8) is 0 Å². The van der Waals surface area contributed by atoms with E-state index in [1.54, 1.807) is 6.20 Å². The lowest BCUT2D eigenvalue weighted by molar-refractivity contribution is -0.197. The Kier molecular flexibility index (Phi) is 4.31. The van der Waals surface area contributed by atoms with E-state index in [1.165, 1.54) is 5.06 Å². The van der Waals surface area contributed by atoms with Crippen molar-refractivity contribution in [2.75, 3.05) is 24.6 Å². The third kappa shape index (κ3) is 3.32. The molecule has 0 radical (unpaired) electrons. The molecule has 132 valence electrons. The van der Waals surface area contributed by atoms with Gasteiger partial charge in [-0.2, -0.15) is 5.10 Å². The summed E-state index contributed by atoms with van der Waals surface area (Å²) < 4.78 is 15.0. The lowest BCUT2D eigenvalue weighted by atomic mass is 10.1. The molecule has 2 aromatic rings. The maximum Gasteiger partial charge on any atom is 0.248 e. The molecule has 9 heteroatoms. The van der Waals surface area contributed by atoms with Gasteiger partial charge in [-0.25, -0.2) is 19.4 Å². The molecule has 0 saturated carbocycles. The van der Waals surface area contributed by atoms with Crippen molar-refractivity contribution in [1.82, 2.24) is 24.8 Å². The van der Waals surface area contributed by atoms with E-state index in [1.807, 2.05) is 15.6 Å². The van der Waals surface area contributed by atoms with Crippen LogP contribution in [-0.2, 0) is 16.2 Å². The van der Waals surface area contributed by atoms with Gasteiger partial charge in [0.15, 0.2) is 5.82 Å². The van der Waals surface area contributed by atoms with Crippen LogP contribution in [0.4, 0.5) is 10.3 Å². The molecule has 0 bridgehead atoms. The van der Waals surface area contributed by atoms with Crippen LogP contribution < -0.4 is 4.90 Å². The number of hydrogen-bond acceptors (Lipinski definition) is 6. The fourth-order valence-electron chi connectivity index (χ4n) is 3.26. The summed E-state index contributed by atoms with van der Waals surface area (Å²) in [6, 6.07) is 1.76. The molecule has 1 unspecified atom stereocenters. The Morgan fingerprint density at radius 2 is 2.16 bits per heavy atom. The topological polar surface area (TPSA) is 76.4 Å². The largest absolute Gasteiger partial charge is 0.333 e. The molecule has 0 N–H and O–H groups in total. The minimum absolute atomic E-state index is 0.0481. The van der Waals surface area contributed by atoms with Crippen LogP contribution in [-0.4, -0.2) is 50.4 Å². The van der Waals surface area contributed by atoms with Crippen LogP contribution in [0.2, 0.25) is 0 Å². The molecule has 2 aliphatic rings. The van der Waals surface area contributed by atoms with Crippen LogP contribution in [0.3, 0.4) is 0 Å². The Bertz CT molecular complexity index is 743. The van der Waals surface area contributed by atoms with E-state index in [0.717, 1.165) is 30.9 Å². The molecule has 1 saturated heterocycles. The fraction of sp³-hybridized carbons (Fsp3) is 0.500. The van der Waals surface area contributed by atoms with Gasteiger partial charge in [0.2, 0.25) is 11.9 Å². The molecule has 1 amide bonds. The third-order valence-corrected chi connectivity index (χ3v) is 4.46. The van der Waals surface area contributed by atoms with Gasteiger partial charge < -0.3 is 4.90 Å². The van der Waals surface area contributed by atoms with Gasteiger partial charge in [-0.15, -0.1) is 0 Å². The van der Waals surface area contributed by atoms with Crippen molar-refractivity contribution in [3.8, 4) is 0 Å². The van der Waals surface area contributed by atoms with Gasteiger partial charge in [-0.05, 0) is 18.9 Å². The average Bonchev–Trinajstić information content (AvgIpc) is 3.12. The highest BCUT2D eigenvalue weighted by Crippen LogP contribution is 2.26. The Labute approximate surface area is 144 Å². The van der Waals surface area contributed by atoms with E-state index in [0.29, 0.717) is 32.2 Å². The molecular formula is C16H19FN6O2. The first-order chi connectivity index (χ1) is 12.2. The van der Waals surface area contributed by atoms with E-state index in [4.69, 9.17) is 4.84 Å². The standard InChI is InChI=1S/C16H19FN6O2/c17-12-8-18-16(19-9-12)21-10-13-3-4-20-23(13)14(11-21)7-15(24)22-5-1-2-6-25-22/h3-4,8-9,14H,1-2,5-7,10-11H2. The molecule has 1 atom stereocenters. The van der Waals surface area contributed by atoms with Gasteiger partial charge in [0.25, 0.3) is 0 Å². The second-order valence-electron chi connectivity index (χ2n) is 6.24. The van der Waals surface area contributed by atoms with Crippen molar-refractivity contribution in [1.29, 1.82) is 0 Å². The minimum atomic E-state index is -0.472. The van der Waals surface area contributed by atoms with Gasteiger partial charge in [0.05, 0.1) is 43.7 Å². The Balaban J connectivity index is 1.52. The number of rotatable bonds is 3. The van der Waals surface area contributed by atoms with E-state index in [-0.39, 0.29) is 18.4 Å². The van der Waals surface area contributed by atoms with Crippen molar-refractivity contribution in [3.05, 3.63) is 36.2 Å². The molecule has 2 aromatic heterocycles. The number of aromatic nitrogens is 4.